The van der Waals surface area contributed by atoms with Crippen molar-refractivity contribution in [2.45, 2.75) is 25.0 Å². The normalized spacial score (nSPS) is 12.1. The van der Waals surface area contributed by atoms with Gasteiger partial charge in [-0.25, -0.2) is 0 Å². The van der Waals surface area contributed by atoms with Crippen molar-refractivity contribution in [2.24, 2.45) is 13.0 Å². The highest BCUT2D eigenvalue weighted by Gasteiger charge is 2.25. The fraction of sp³-hybridized carbons (Fsp3) is 0.273. The van der Waals surface area contributed by atoms with Gasteiger partial charge in [-0.2, -0.15) is 0 Å². The Hall–Kier alpha value is -2.16. The van der Waals surface area contributed by atoms with Crippen molar-refractivity contribution in [1.29, 1.82) is 0 Å². The molecule has 1 heterocycles. The van der Waals surface area contributed by atoms with Gasteiger partial charge in [0.15, 0.2) is 16.8 Å². The monoisotopic (exact) mass is 520 g/mol. The number of rotatable bonds is 8. The zero-order chi connectivity index (χ0) is 22.5. The number of nitrogens with one attached hydrogen (secondary N) is 1. The topological polar surface area (TPSA) is 76.9 Å². The van der Waals surface area contributed by atoms with Gasteiger partial charge in [-0.15, -0.1) is 10.2 Å². The van der Waals surface area contributed by atoms with Gasteiger partial charge in [-0.1, -0.05) is 65.3 Å². The highest BCUT2D eigenvalue weighted by Crippen LogP contribution is 2.25. The second-order valence-electron chi connectivity index (χ2n) is 7.32. The zero-order valence-corrected chi connectivity index (χ0v) is 20.5. The number of amides is 1. The summed E-state index contributed by atoms with van der Waals surface area (Å²) in [5.74, 6) is 0.769. The van der Waals surface area contributed by atoms with Crippen molar-refractivity contribution in [1.82, 2.24) is 20.1 Å². The van der Waals surface area contributed by atoms with Gasteiger partial charge in [-0.05, 0) is 42.3 Å². The maximum Gasteiger partial charge on any atom is 0.251 e. The number of carbonyl (C=O) groups excluding carboxylic acids is 2. The van der Waals surface area contributed by atoms with E-state index in [1.165, 1.54) is 11.8 Å². The molecule has 0 bridgehead atoms. The summed E-state index contributed by atoms with van der Waals surface area (Å²) in [5.41, 5.74) is 1.17. The van der Waals surface area contributed by atoms with Crippen molar-refractivity contribution in [3.05, 3.63) is 75.0 Å². The third-order valence-corrected chi connectivity index (χ3v) is 6.51. The van der Waals surface area contributed by atoms with Gasteiger partial charge in [0.25, 0.3) is 5.91 Å². The molecule has 0 spiro atoms. The lowest BCUT2D eigenvalue weighted by atomic mass is 10.0. The van der Waals surface area contributed by atoms with Crippen LogP contribution in [0.2, 0.25) is 5.02 Å². The zero-order valence-electron chi connectivity index (χ0n) is 17.3. The Kier molecular flexibility index (Phi) is 7.91. The van der Waals surface area contributed by atoms with Crippen LogP contribution in [0.3, 0.4) is 0 Å². The quantitative estimate of drug-likeness (QED) is 0.320. The number of Topliss-reactive ketones (excluding diaryl/α,β-unsaturated/α-hetero) is 1. The lowest BCUT2D eigenvalue weighted by Crippen LogP contribution is -2.33. The summed E-state index contributed by atoms with van der Waals surface area (Å²) in [4.78, 5) is 25.1. The summed E-state index contributed by atoms with van der Waals surface area (Å²) in [6.07, 6.45) is 0. The number of aromatic nitrogens is 3. The molecule has 0 saturated heterocycles. The number of nitrogens with zero attached hydrogens (tertiary/aromatic N) is 3. The molecule has 0 aliphatic heterocycles. The van der Waals surface area contributed by atoms with Gasteiger partial charge in [0, 0.05) is 27.7 Å². The third-order valence-electron chi connectivity index (χ3n) is 4.70. The van der Waals surface area contributed by atoms with Gasteiger partial charge in [0.05, 0.1) is 11.8 Å². The van der Waals surface area contributed by atoms with E-state index in [2.05, 4.69) is 31.4 Å². The second-order valence-corrected chi connectivity index (χ2v) is 9.62. The van der Waals surface area contributed by atoms with Gasteiger partial charge in [0.1, 0.15) is 0 Å². The van der Waals surface area contributed by atoms with Gasteiger partial charge >= 0.3 is 0 Å². The number of thioether (sulfide) groups is 1. The van der Waals surface area contributed by atoms with E-state index in [4.69, 9.17) is 11.6 Å². The van der Waals surface area contributed by atoms with Crippen molar-refractivity contribution in [2.75, 3.05) is 5.75 Å². The van der Waals surface area contributed by atoms with Crippen LogP contribution < -0.4 is 5.32 Å². The molecule has 1 amide bonds. The van der Waals surface area contributed by atoms with Crippen LogP contribution in [0.4, 0.5) is 0 Å². The lowest BCUT2D eigenvalue weighted by molar-refractivity contribution is 0.0921. The predicted octanol–water partition coefficient (Wildman–Crippen LogP) is 5.33. The van der Waals surface area contributed by atoms with Gasteiger partial charge in [-0.3, -0.25) is 9.59 Å². The van der Waals surface area contributed by atoms with Crippen molar-refractivity contribution in [3.63, 3.8) is 0 Å². The molecule has 3 rings (SSSR count). The van der Waals surface area contributed by atoms with E-state index < -0.39 is 0 Å². The number of carbonyl (C=O) groups is 2. The number of hydrogen-bond acceptors (Lipinski definition) is 5. The summed E-state index contributed by atoms with van der Waals surface area (Å²) in [6.45, 7) is 4.01. The first-order chi connectivity index (χ1) is 14.8. The van der Waals surface area contributed by atoms with Gasteiger partial charge in [0.2, 0.25) is 0 Å². The van der Waals surface area contributed by atoms with E-state index in [-0.39, 0.29) is 29.4 Å². The lowest BCUT2D eigenvalue weighted by Gasteiger charge is -2.21. The smallest absolute Gasteiger partial charge is 0.251 e. The summed E-state index contributed by atoms with van der Waals surface area (Å²) >= 11 is 10.6. The van der Waals surface area contributed by atoms with Crippen LogP contribution in [0.1, 0.15) is 46.4 Å². The van der Waals surface area contributed by atoms with Crippen molar-refractivity contribution >= 4 is 51.0 Å². The van der Waals surface area contributed by atoms with Crippen molar-refractivity contribution < 1.29 is 9.59 Å². The SMILES string of the molecule is CC(C)[C@@H](NC(=O)c1ccc(Cl)cc1)c1nnc(SCC(=O)c2ccc(Br)cc2)n1C. The molecule has 0 aliphatic rings. The number of halogens is 2. The maximum absolute atomic E-state index is 12.7. The Labute approximate surface area is 198 Å². The van der Waals surface area contributed by atoms with E-state index in [0.29, 0.717) is 27.1 Å². The molecule has 2 aromatic carbocycles. The van der Waals surface area contributed by atoms with Crippen LogP contribution in [0.25, 0.3) is 0 Å². The Morgan fingerprint density at radius 3 is 2.29 bits per heavy atom. The molecule has 1 N–H and O–H groups in total. The predicted molar refractivity (Wildman–Crippen MR) is 127 cm³/mol. The number of ketones is 1. The standard InChI is InChI=1S/C22H22BrClN4O2S/c1-13(2)19(25-21(30)15-6-10-17(24)11-7-15)20-26-27-22(28(20)3)31-12-18(29)14-4-8-16(23)9-5-14/h4-11,13,19H,12H2,1-3H3,(H,25,30)/t19-/m1/s1. The average molecular weight is 522 g/mol. The minimum atomic E-state index is -0.336. The van der Waals surface area contributed by atoms with Crippen molar-refractivity contribution in [3.8, 4) is 0 Å². The van der Waals surface area contributed by atoms with E-state index in [0.717, 1.165) is 4.47 Å². The molecule has 162 valence electrons. The van der Waals surface area contributed by atoms with Crippen LogP contribution in [0, 0.1) is 5.92 Å². The van der Waals surface area contributed by atoms with E-state index >= 15 is 0 Å². The molecular formula is C22H22BrClN4O2S. The molecule has 3 aromatic rings. The number of hydrogen-bond donors (Lipinski definition) is 1. The van der Waals surface area contributed by atoms with Crippen LogP contribution in [-0.2, 0) is 7.05 Å². The Bertz CT molecular complexity index is 1070. The number of benzene rings is 2. The third kappa shape index (κ3) is 5.96. The molecule has 0 radical (unpaired) electrons. The largest absolute Gasteiger partial charge is 0.342 e. The molecule has 0 aliphatic carbocycles. The minimum Gasteiger partial charge on any atom is -0.342 e. The molecule has 1 atom stereocenters. The van der Waals surface area contributed by atoms with Crippen LogP contribution in [0.15, 0.2) is 58.2 Å². The fourth-order valence-corrected chi connectivity index (χ4v) is 4.13. The van der Waals surface area contributed by atoms with Crippen LogP contribution in [-0.4, -0.2) is 32.2 Å². The average Bonchev–Trinajstić information content (AvgIpc) is 3.11. The molecule has 0 unspecified atom stereocenters. The second kappa shape index (κ2) is 10.4. The summed E-state index contributed by atoms with van der Waals surface area (Å²) in [5, 5.41) is 12.8. The maximum atomic E-state index is 12.7. The first kappa shape index (κ1) is 23.5. The minimum absolute atomic E-state index is 0.0125. The first-order valence-corrected chi connectivity index (χ1v) is 11.8. The molecule has 31 heavy (non-hydrogen) atoms. The summed E-state index contributed by atoms with van der Waals surface area (Å²) in [6, 6.07) is 13.6. The molecular weight excluding hydrogens is 500 g/mol. The highest BCUT2D eigenvalue weighted by molar-refractivity contribution is 9.10. The molecule has 0 saturated carbocycles. The van der Waals surface area contributed by atoms with E-state index in [9.17, 15) is 9.59 Å². The Balaban J connectivity index is 1.71. The van der Waals surface area contributed by atoms with Crippen LogP contribution in [0.5, 0.6) is 0 Å². The molecule has 1 aromatic heterocycles. The Morgan fingerprint density at radius 1 is 1.06 bits per heavy atom. The van der Waals surface area contributed by atoms with Gasteiger partial charge < -0.3 is 9.88 Å². The van der Waals surface area contributed by atoms with E-state index in [1.54, 1.807) is 36.4 Å². The fourth-order valence-electron chi connectivity index (χ4n) is 2.93. The van der Waals surface area contributed by atoms with E-state index in [1.807, 2.05) is 37.6 Å². The molecule has 9 heteroatoms. The van der Waals surface area contributed by atoms with Crippen LogP contribution >= 0.6 is 39.3 Å². The Morgan fingerprint density at radius 2 is 1.68 bits per heavy atom. The first-order valence-electron chi connectivity index (χ1n) is 9.63. The highest BCUT2D eigenvalue weighted by atomic mass is 79.9. The summed E-state index contributed by atoms with van der Waals surface area (Å²) in [7, 11) is 1.84. The molecule has 0 fully saturated rings. The molecule has 6 nitrogen and oxygen atoms in total. The summed E-state index contributed by atoms with van der Waals surface area (Å²) < 4.78 is 2.75.